The molecular weight excluding hydrogens is 296 g/mol. The number of H-pyrrole nitrogens is 1. The second-order valence-electron chi connectivity index (χ2n) is 6.91. The predicted octanol–water partition coefficient (Wildman–Crippen LogP) is 3.89. The highest BCUT2D eigenvalue weighted by Crippen LogP contribution is 2.24. The lowest BCUT2D eigenvalue weighted by Gasteiger charge is -2.37. The van der Waals surface area contributed by atoms with E-state index >= 15 is 0 Å². The molecule has 1 aliphatic rings. The van der Waals surface area contributed by atoms with Crippen molar-refractivity contribution in [2.75, 3.05) is 18.4 Å². The van der Waals surface area contributed by atoms with Crippen LogP contribution in [0.5, 0.6) is 0 Å². The van der Waals surface area contributed by atoms with Crippen LogP contribution in [-0.4, -0.2) is 34.2 Å². The summed E-state index contributed by atoms with van der Waals surface area (Å²) in [5.74, 6) is 0.627. The van der Waals surface area contributed by atoms with E-state index < -0.39 is 0 Å². The molecule has 0 saturated carbocycles. The lowest BCUT2D eigenvalue weighted by Crippen LogP contribution is -2.44. The van der Waals surface area contributed by atoms with Crippen molar-refractivity contribution in [3.8, 4) is 0 Å². The Morgan fingerprint density at radius 1 is 1.21 bits per heavy atom. The lowest BCUT2D eigenvalue weighted by atomic mass is 9.93. The van der Waals surface area contributed by atoms with Gasteiger partial charge in [-0.2, -0.15) is 5.10 Å². The van der Waals surface area contributed by atoms with Crippen LogP contribution in [0.25, 0.3) is 10.9 Å². The number of nitrogens with one attached hydrogen (secondary N) is 2. The summed E-state index contributed by atoms with van der Waals surface area (Å²) in [6.45, 7) is 5.69. The van der Waals surface area contributed by atoms with Gasteiger partial charge in [0.15, 0.2) is 0 Å². The Kier molecular flexibility index (Phi) is 4.22. The molecule has 0 amide bonds. The number of hydrogen-bond donors (Lipinski definition) is 2. The number of benzene rings is 2. The van der Waals surface area contributed by atoms with Crippen LogP contribution in [0.3, 0.4) is 0 Å². The van der Waals surface area contributed by atoms with Crippen molar-refractivity contribution in [1.29, 1.82) is 0 Å². The van der Waals surface area contributed by atoms with E-state index in [-0.39, 0.29) is 0 Å². The fourth-order valence-corrected chi connectivity index (χ4v) is 3.68. The molecule has 0 spiro atoms. The molecule has 1 saturated heterocycles. The Morgan fingerprint density at radius 3 is 2.92 bits per heavy atom. The molecule has 1 aromatic heterocycles. The van der Waals surface area contributed by atoms with Crippen molar-refractivity contribution >= 4 is 16.6 Å². The molecule has 4 nitrogen and oxygen atoms in total. The van der Waals surface area contributed by atoms with Crippen LogP contribution in [0.1, 0.15) is 18.9 Å². The normalized spacial score (nSPS) is 21.9. The predicted molar refractivity (Wildman–Crippen MR) is 99.0 cm³/mol. The summed E-state index contributed by atoms with van der Waals surface area (Å²) in [4.78, 5) is 2.57. The van der Waals surface area contributed by atoms with Crippen molar-refractivity contribution in [3.05, 3.63) is 60.3 Å². The first-order valence-corrected chi connectivity index (χ1v) is 8.74. The first-order chi connectivity index (χ1) is 11.8. The van der Waals surface area contributed by atoms with Crippen LogP contribution in [0.4, 0.5) is 5.69 Å². The van der Waals surface area contributed by atoms with Gasteiger partial charge >= 0.3 is 0 Å². The number of hydrogen-bond acceptors (Lipinski definition) is 3. The molecule has 0 bridgehead atoms. The van der Waals surface area contributed by atoms with Gasteiger partial charge in [-0.1, -0.05) is 37.3 Å². The van der Waals surface area contributed by atoms with Gasteiger partial charge in [0.25, 0.3) is 0 Å². The number of aromatic amines is 1. The average molecular weight is 320 g/mol. The van der Waals surface area contributed by atoms with Gasteiger partial charge in [-0.25, -0.2) is 0 Å². The molecule has 4 heteroatoms. The van der Waals surface area contributed by atoms with Gasteiger partial charge in [0.1, 0.15) is 0 Å². The van der Waals surface area contributed by atoms with Crippen LogP contribution in [0.15, 0.2) is 54.7 Å². The van der Waals surface area contributed by atoms with E-state index in [9.17, 15) is 0 Å². The molecule has 2 aromatic carbocycles. The molecule has 0 aliphatic carbocycles. The van der Waals surface area contributed by atoms with Gasteiger partial charge < -0.3 is 5.32 Å². The summed E-state index contributed by atoms with van der Waals surface area (Å²) in [7, 11) is 0. The van der Waals surface area contributed by atoms with E-state index in [4.69, 9.17) is 0 Å². The fraction of sp³-hybridized carbons (Fsp3) is 0.350. The van der Waals surface area contributed by atoms with Crippen molar-refractivity contribution in [3.63, 3.8) is 0 Å². The molecule has 3 aromatic rings. The third kappa shape index (κ3) is 3.29. The molecule has 2 atom stereocenters. The molecule has 0 radical (unpaired) electrons. The Bertz CT molecular complexity index is 796. The van der Waals surface area contributed by atoms with E-state index in [1.165, 1.54) is 17.7 Å². The Hall–Kier alpha value is -2.33. The van der Waals surface area contributed by atoms with E-state index in [0.29, 0.717) is 12.0 Å². The Labute approximate surface area is 142 Å². The number of rotatable bonds is 4. The number of anilines is 1. The first kappa shape index (κ1) is 15.2. The van der Waals surface area contributed by atoms with Crippen LogP contribution in [-0.2, 0) is 6.54 Å². The molecule has 2 unspecified atom stereocenters. The van der Waals surface area contributed by atoms with Crippen molar-refractivity contribution < 1.29 is 0 Å². The highest BCUT2D eigenvalue weighted by atomic mass is 15.1. The smallest absolute Gasteiger partial charge is 0.0651 e. The third-order valence-corrected chi connectivity index (χ3v) is 5.03. The first-order valence-electron chi connectivity index (χ1n) is 8.74. The summed E-state index contributed by atoms with van der Waals surface area (Å²) in [5, 5.41) is 12.0. The van der Waals surface area contributed by atoms with Crippen LogP contribution < -0.4 is 5.32 Å². The van der Waals surface area contributed by atoms with Gasteiger partial charge in [-0.15, -0.1) is 0 Å². The number of aromatic nitrogens is 2. The standard InChI is InChI=1S/C20H24N4/c1-15-13-24(14-16-5-3-2-4-6-16)10-9-19(15)22-18-7-8-20-17(11-18)12-21-23-20/h2-8,11-12,15,19,22H,9-10,13-14H2,1H3,(H,21,23). The molecular formula is C20H24N4. The average Bonchev–Trinajstić information content (AvgIpc) is 3.06. The van der Waals surface area contributed by atoms with Crippen LogP contribution >= 0.6 is 0 Å². The number of likely N-dealkylation sites (tertiary alicyclic amines) is 1. The Morgan fingerprint density at radius 2 is 2.08 bits per heavy atom. The number of piperidine rings is 1. The van der Waals surface area contributed by atoms with Gasteiger partial charge in [-0.3, -0.25) is 10.00 Å². The zero-order chi connectivity index (χ0) is 16.4. The maximum atomic E-state index is 4.09. The molecule has 24 heavy (non-hydrogen) atoms. The third-order valence-electron chi connectivity index (χ3n) is 5.03. The Balaban J connectivity index is 1.37. The summed E-state index contributed by atoms with van der Waals surface area (Å²) in [6, 6.07) is 17.7. The van der Waals surface area contributed by atoms with E-state index in [1.54, 1.807) is 0 Å². The molecule has 1 fully saturated rings. The van der Waals surface area contributed by atoms with Crippen molar-refractivity contribution in [2.45, 2.75) is 25.9 Å². The van der Waals surface area contributed by atoms with Crippen LogP contribution in [0.2, 0.25) is 0 Å². The fourth-order valence-electron chi connectivity index (χ4n) is 3.68. The number of fused-ring (bicyclic) bond motifs is 1. The highest BCUT2D eigenvalue weighted by molar-refractivity contribution is 5.81. The van der Waals surface area contributed by atoms with Crippen molar-refractivity contribution in [1.82, 2.24) is 15.1 Å². The van der Waals surface area contributed by atoms with E-state index in [2.05, 4.69) is 75.9 Å². The van der Waals surface area contributed by atoms with Gasteiger partial charge in [0, 0.05) is 36.7 Å². The van der Waals surface area contributed by atoms with Crippen molar-refractivity contribution in [2.24, 2.45) is 5.92 Å². The zero-order valence-electron chi connectivity index (χ0n) is 14.1. The van der Waals surface area contributed by atoms with E-state index in [1.807, 2.05) is 6.20 Å². The summed E-state index contributed by atoms with van der Waals surface area (Å²) >= 11 is 0. The van der Waals surface area contributed by atoms with E-state index in [0.717, 1.165) is 30.5 Å². The highest BCUT2D eigenvalue weighted by Gasteiger charge is 2.25. The lowest BCUT2D eigenvalue weighted by molar-refractivity contribution is 0.165. The van der Waals surface area contributed by atoms with Crippen LogP contribution in [0, 0.1) is 5.92 Å². The summed E-state index contributed by atoms with van der Waals surface area (Å²) in [5.41, 5.74) is 3.69. The van der Waals surface area contributed by atoms with Gasteiger partial charge in [-0.05, 0) is 36.1 Å². The maximum Gasteiger partial charge on any atom is 0.0651 e. The largest absolute Gasteiger partial charge is 0.382 e. The molecule has 124 valence electrons. The number of nitrogens with zero attached hydrogens (tertiary/aromatic N) is 2. The SMILES string of the molecule is CC1CN(Cc2ccccc2)CCC1Nc1ccc2[nH]ncc2c1. The quantitative estimate of drug-likeness (QED) is 0.766. The van der Waals surface area contributed by atoms with Gasteiger partial charge in [0.05, 0.1) is 11.7 Å². The second-order valence-corrected chi connectivity index (χ2v) is 6.91. The summed E-state index contributed by atoms with van der Waals surface area (Å²) in [6.07, 6.45) is 3.06. The minimum atomic E-state index is 0.529. The second kappa shape index (κ2) is 6.65. The maximum absolute atomic E-state index is 4.09. The summed E-state index contributed by atoms with van der Waals surface area (Å²) < 4.78 is 0. The molecule has 2 heterocycles. The topological polar surface area (TPSA) is 44.0 Å². The zero-order valence-corrected chi connectivity index (χ0v) is 14.1. The monoisotopic (exact) mass is 320 g/mol. The molecule has 2 N–H and O–H groups in total. The molecule has 1 aliphatic heterocycles. The minimum Gasteiger partial charge on any atom is -0.382 e. The molecule has 4 rings (SSSR count). The minimum absolute atomic E-state index is 0.529. The van der Waals surface area contributed by atoms with Gasteiger partial charge in [0.2, 0.25) is 0 Å².